The van der Waals surface area contributed by atoms with Gasteiger partial charge in [0.05, 0.1) is 16.2 Å². The number of carbonyl (C=O) groups is 1. The Kier molecular flexibility index (Phi) is 6.58. The van der Waals surface area contributed by atoms with Crippen molar-refractivity contribution in [1.82, 2.24) is 14.9 Å². The van der Waals surface area contributed by atoms with Crippen molar-refractivity contribution in [3.8, 4) is 0 Å². The lowest BCUT2D eigenvalue weighted by atomic mass is 9.95. The van der Waals surface area contributed by atoms with Crippen LogP contribution in [-0.4, -0.2) is 26.8 Å². The highest BCUT2D eigenvalue weighted by atomic mass is 32.2. The monoisotopic (exact) mass is 387 g/mol. The summed E-state index contributed by atoms with van der Waals surface area (Å²) in [5.41, 5.74) is 0.654. The molecule has 1 saturated carbocycles. The molecule has 5 nitrogen and oxygen atoms in total. The van der Waals surface area contributed by atoms with Crippen molar-refractivity contribution in [2.24, 2.45) is 0 Å². The van der Waals surface area contributed by atoms with E-state index in [1.54, 1.807) is 4.57 Å². The number of thioether (sulfide) groups is 1. The summed E-state index contributed by atoms with van der Waals surface area (Å²) < 4.78 is 1.75. The molecule has 0 radical (unpaired) electrons. The maximum absolute atomic E-state index is 13.0. The first-order valence-corrected chi connectivity index (χ1v) is 10.9. The maximum Gasteiger partial charge on any atom is 0.262 e. The molecule has 1 aromatic heterocycles. The average Bonchev–Trinajstić information content (AvgIpc) is 2.68. The first kappa shape index (κ1) is 19.9. The number of nitrogens with zero attached hydrogens (tertiary/aromatic N) is 2. The van der Waals surface area contributed by atoms with Crippen LogP contribution in [0.2, 0.25) is 0 Å². The van der Waals surface area contributed by atoms with E-state index in [4.69, 9.17) is 4.98 Å². The van der Waals surface area contributed by atoms with Gasteiger partial charge in [0.1, 0.15) is 0 Å². The molecule has 2 atom stereocenters. The fraction of sp³-hybridized carbons (Fsp3) is 0.571. The number of nitrogens with one attached hydrogen (secondary N) is 1. The number of para-hydroxylation sites is 1. The van der Waals surface area contributed by atoms with Gasteiger partial charge in [-0.25, -0.2) is 4.98 Å². The number of carbonyl (C=O) groups excluding carboxylic acids is 1. The number of rotatable bonds is 6. The third-order valence-corrected chi connectivity index (χ3v) is 6.48. The molecule has 2 aromatic rings. The number of aromatic nitrogens is 2. The number of fused-ring (bicyclic) bond motifs is 1. The number of hydrogen-bond donors (Lipinski definition) is 1. The number of hydrogen-bond acceptors (Lipinski definition) is 4. The Morgan fingerprint density at radius 3 is 2.67 bits per heavy atom. The molecular formula is C21H29N3O2S. The molecule has 146 valence electrons. The van der Waals surface area contributed by atoms with E-state index in [0.29, 0.717) is 16.1 Å². The van der Waals surface area contributed by atoms with Gasteiger partial charge < -0.3 is 5.32 Å². The van der Waals surface area contributed by atoms with Crippen molar-refractivity contribution in [2.75, 3.05) is 0 Å². The van der Waals surface area contributed by atoms with Gasteiger partial charge in [0.15, 0.2) is 5.16 Å². The SMILES string of the molecule is CCC(C)n1c(SC(C)C(=O)NC2CCCCC2)nc2ccccc2c1=O. The third-order valence-electron chi connectivity index (χ3n) is 5.41. The highest BCUT2D eigenvalue weighted by molar-refractivity contribution is 8.00. The van der Waals surface area contributed by atoms with Crippen LogP contribution in [0, 0.1) is 0 Å². The summed E-state index contributed by atoms with van der Waals surface area (Å²) in [4.78, 5) is 30.4. The average molecular weight is 388 g/mol. The minimum absolute atomic E-state index is 0.0302. The zero-order valence-electron chi connectivity index (χ0n) is 16.4. The highest BCUT2D eigenvalue weighted by Gasteiger charge is 2.23. The van der Waals surface area contributed by atoms with E-state index in [9.17, 15) is 9.59 Å². The minimum atomic E-state index is -0.296. The van der Waals surface area contributed by atoms with Crippen LogP contribution in [0.25, 0.3) is 10.9 Å². The lowest BCUT2D eigenvalue weighted by Gasteiger charge is -2.25. The predicted molar refractivity (Wildman–Crippen MR) is 111 cm³/mol. The summed E-state index contributed by atoms with van der Waals surface area (Å²) in [5, 5.41) is 4.13. The van der Waals surface area contributed by atoms with Gasteiger partial charge in [-0.05, 0) is 45.2 Å². The molecule has 0 aliphatic heterocycles. The highest BCUT2D eigenvalue weighted by Crippen LogP contribution is 2.26. The Hall–Kier alpha value is -1.82. The quantitative estimate of drug-likeness (QED) is 0.593. The molecule has 1 aliphatic carbocycles. The van der Waals surface area contributed by atoms with E-state index in [0.717, 1.165) is 19.3 Å². The summed E-state index contributed by atoms with van der Waals surface area (Å²) in [5.74, 6) is 0.0324. The molecule has 2 unspecified atom stereocenters. The van der Waals surface area contributed by atoms with E-state index < -0.39 is 0 Å². The molecule has 6 heteroatoms. The third kappa shape index (κ3) is 4.54. The van der Waals surface area contributed by atoms with Crippen LogP contribution < -0.4 is 10.9 Å². The van der Waals surface area contributed by atoms with Gasteiger partial charge in [-0.1, -0.05) is 50.1 Å². The second-order valence-electron chi connectivity index (χ2n) is 7.45. The van der Waals surface area contributed by atoms with Crippen molar-refractivity contribution in [3.05, 3.63) is 34.6 Å². The van der Waals surface area contributed by atoms with Gasteiger partial charge in [-0.2, -0.15) is 0 Å². The molecule has 1 aromatic carbocycles. The summed E-state index contributed by atoms with van der Waals surface area (Å²) in [6.45, 7) is 5.97. The largest absolute Gasteiger partial charge is 0.352 e. The topological polar surface area (TPSA) is 64.0 Å². The molecule has 0 bridgehead atoms. The fourth-order valence-electron chi connectivity index (χ4n) is 3.56. The van der Waals surface area contributed by atoms with Crippen LogP contribution in [0.1, 0.15) is 65.3 Å². The first-order valence-electron chi connectivity index (χ1n) is 9.99. The Balaban J connectivity index is 1.86. The van der Waals surface area contributed by atoms with E-state index >= 15 is 0 Å². The van der Waals surface area contributed by atoms with Crippen molar-refractivity contribution in [1.29, 1.82) is 0 Å². The van der Waals surface area contributed by atoms with E-state index in [-0.39, 0.29) is 28.8 Å². The van der Waals surface area contributed by atoms with Gasteiger partial charge in [-0.3, -0.25) is 14.2 Å². The minimum Gasteiger partial charge on any atom is -0.352 e. The number of benzene rings is 1. The van der Waals surface area contributed by atoms with Crippen LogP contribution in [0.3, 0.4) is 0 Å². The summed E-state index contributed by atoms with van der Waals surface area (Å²) >= 11 is 1.38. The molecule has 1 aliphatic rings. The van der Waals surface area contributed by atoms with Gasteiger partial charge in [0.25, 0.3) is 5.56 Å². The van der Waals surface area contributed by atoms with Gasteiger partial charge in [0.2, 0.25) is 5.91 Å². The molecular weight excluding hydrogens is 358 g/mol. The van der Waals surface area contributed by atoms with E-state index in [2.05, 4.69) is 12.2 Å². The molecule has 27 heavy (non-hydrogen) atoms. The second-order valence-corrected chi connectivity index (χ2v) is 8.76. The molecule has 1 heterocycles. The standard InChI is InChI=1S/C21H29N3O2S/c1-4-14(2)24-20(26)17-12-8-9-13-18(17)23-21(24)27-15(3)19(25)22-16-10-6-5-7-11-16/h8-9,12-16H,4-7,10-11H2,1-3H3,(H,22,25). The summed E-state index contributed by atoms with van der Waals surface area (Å²) in [6, 6.07) is 7.74. The Labute approximate surface area is 164 Å². The molecule has 1 fully saturated rings. The van der Waals surface area contributed by atoms with E-state index in [1.165, 1.54) is 31.0 Å². The van der Waals surface area contributed by atoms with E-state index in [1.807, 2.05) is 38.1 Å². The lowest BCUT2D eigenvalue weighted by molar-refractivity contribution is -0.121. The molecule has 3 rings (SSSR count). The summed E-state index contributed by atoms with van der Waals surface area (Å²) in [6.07, 6.45) is 6.59. The first-order chi connectivity index (χ1) is 13.0. The second kappa shape index (κ2) is 8.91. The maximum atomic E-state index is 13.0. The van der Waals surface area contributed by atoms with Gasteiger partial charge in [-0.15, -0.1) is 0 Å². The van der Waals surface area contributed by atoms with Crippen LogP contribution in [0.15, 0.2) is 34.2 Å². The predicted octanol–water partition coefficient (Wildman–Crippen LogP) is 4.30. The van der Waals surface area contributed by atoms with Crippen molar-refractivity contribution in [2.45, 2.75) is 81.8 Å². The zero-order chi connectivity index (χ0) is 19.4. The van der Waals surface area contributed by atoms with Crippen molar-refractivity contribution in [3.63, 3.8) is 0 Å². The van der Waals surface area contributed by atoms with Crippen molar-refractivity contribution < 1.29 is 4.79 Å². The van der Waals surface area contributed by atoms with Crippen LogP contribution >= 0.6 is 11.8 Å². The van der Waals surface area contributed by atoms with Crippen LogP contribution in [-0.2, 0) is 4.79 Å². The Morgan fingerprint density at radius 2 is 1.96 bits per heavy atom. The fourth-order valence-corrected chi connectivity index (χ4v) is 4.58. The summed E-state index contributed by atoms with van der Waals surface area (Å²) in [7, 11) is 0. The number of amides is 1. The Bertz CT molecular complexity index is 858. The molecule has 1 N–H and O–H groups in total. The van der Waals surface area contributed by atoms with Gasteiger partial charge in [0, 0.05) is 12.1 Å². The molecule has 1 amide bonds. The zero-order valence-corrected chi connectivity index (χ0v) is 17.2. The lowest BCUT2D eigenvalue weighted by Crippen LogP contribution is -2.40. The van der Waals surface area contributed by atoms with Crippen molar-refractivity contribution >= 4 is 28.6 Å². The van der Waals surface area contributed by atoms with Crippen LogP contribution in [0.4, 0.5) is 0 Å². The van der Waals surface area contributed by atoms with Gasteiger partial charge >= 0.3 is 0 Å². The Morgan fingerprint density at radius 1 is 1.26 bits per heavy atom. The molecule has 0 spiro atoms. The normalized spacial score (nSPS) is 17.6. The molecule has 0 saturated heterocycles. The smallest absolute Gasteiger partial charge is 0.262 e. The van der Waals surface area contributed by atoms with Crippen LogP contribution in [0.5, 0.6) is 0 Å².